The molecule has 0 aromatic heterocycles. The minimum atomic E-state index is -0.526. The van der Waals surface area contributed by atoms with E-state index in [1.165, 1.54) is 24.3 Å². The predicted octanol–water partition coefficient (Wildman–Crippen LogP) is 2.26. The number of carbonyl (C=O) groups is 2. The Labute approximate surface area is 118 Å². The van der Waals surface area contributed by atoms with Crippen molar-refractivity contribution in [1.29, 1.82) is 0 Å². The molecule has 2 rings (SSSR count). The van der Waals surface area contributed by atoms with E-state index >= 15 is 0 Å². The van der Waals surface area contributed by atoms with Gasteiger partial charge in [-0.3, -0.25) is 24.6 Å². The smallest absolute Gasteiger partial charge is 0.268 e. The second-order valence-corrected chi connectivity index (χ2v) is 4.82. The van der Waals surface area contributed by atoms with Gasteiger partial charge in [-0.25, -0.2) is 0 Å². The third-order valence-corrected chi connectivity index (χ3v) is 3.41. The zero-order valence-electron chi connectivity index (χ0n) is 10.1. The van der Waals surface area contributed by atoms with Crippen molar-refractivity contribution in [3.05, 3.63) is 44.8 Å². The molecule has 0 unspecified atom stereocenters. The van der Waals surface area contributed by atoms with Crippen LogP contribution in [0.5, 0.6) is 0 Å². The van der Waals surface area contributed by atoms with Crippen molar-refractivity contribution in [2.24, 2.45) is 0 Å². The summed E-state index contributed by atoms with van der Waals surface area (Å²) in [6.07, 6.45) is 6.52. The third-order valence-electron chi connectivity index (χ3n) is 2.50. The number of thioether (sulfide) groups is 1. The first-order chi connectivity index (χ1) is 9.52. The van der Waals surface area contributed by atoms with Gasteiger partial charge in [-0.15, -0.1) is 6.42 Å². The van der Waals surface area contributed by atoms with Gasteiger partial charge in [0, 0.05) is 12.1 Å². The topological polar surface area (TPSA) is 80.5 Å². The van der Waals surface area contributed by atoms with Crippen LogP contribution < -0.4 is 0 Å². The molecular formula is C13H8N2O4S. The standard InChI is InChI=1S/C13H8N2O4S/c1-2-6-14-12(16)11(20-13(14)17)8-9-4-3-5-10(7-9)15(18)19/h1,3-5,7-8H,6H2/b11-8+. The molecule has 0 spiro atoms. The van der Waals surface area contributed by atoms with Gasteiger partial charge >= 0.3 is 0 Å². The maximum atomic E-state index is 11.9. The van der Waals surface area contributed by atoms with Gasteiger partial charge in [-0.05, 0) is 23.4 Å². The summed E-state index contributed by atoms with van der Waals surface area (Å²) in [7, 11) is 0. The lowest BCUT2D eigenvalue weighted by molar-refractivity contribution is -0.384. The minimum Gasteiger partial charge on any atom is -0.268 e. The SMILES string of the molecule is C#CCN1C(=O)S/C(=C/c2cccc([N+](=O)[O-])c2)C1=O. The Morgan fingerprint density at radius 2 is 2.20 bits per heavy atom. The van der Waals surface area contributed by atoms with Crippen molar-refractivity contribution < 1.29 is 14.5 Å². The van der Waals surface area contributed by atoms with E-state index in [0.717, 1.165) is 16.7 Å². The molecule has 1 aliphatic rings. The summed E-state index contributed by atoms with van der Waals surface area (Å²) < 4.78 is 0. The molecule has 0 saturated carbocycles. The highest BCUT2D eigenvalue weighted by atomic mass is 32.2. The van der Waals surface area contributed by atoms with E-state index < -0.39 is 16.1 Å². The molecule has 1 fully saturated rings. The molecule has 1 aliphatic heterocycles. The molecule has 6 nitrogen and oxygen atoms in total. The molecule has 100 valence electrons. The van der Waals surface area contributed by atoms with E-state index in [4.69, 9.17) is 6.42 Å². The number of rotatable bonds is 3. The minimum absolute atomic E-state index is 0.0818. The molecule has 0 aliphatic carbocycles. The van der Waals surface area contributed by atoms with Crippen molar-refractivity contribution in [2.45, 2.75) is 0 Å². The van der Waals surface area contributed by atoms with Gasteiger partial charge in [0.1, 0.15) is 0 Å². The molecule has 1 aromatic rings. The average molecular weight is 288 g/mol. The van der Waals surface area contributed by atoms with Gasteiger partial charge in [-0.1, -0.05) is 18.1 Å². The van der Waals surface area contributed by atoms with Gasteiger partial charge in [-0.2, -0.15) is 0 Å². The van der Waals surface area contributed by atoms with Crippen LogP contribution in [0.3, 0.4) is 0 Å². The number of amides is 2. The van der Waals surface area contributed by atoms with Crippen molar-refractivity contribution in [3.63, 3.8) is 0 Å². The van der Waals surface area contributed by atoms with Crippen LogP contribution in [-0.4, -0.2) is 27.5 Å². The Bertz CT molecular complexity index is 675. The Balaban J connectivity index is 2.31. The van der Waals surface area contributed by atoms with E-state index in [0.29, 0.717) is 5.56 Å². The van der Waals surface area contributed by atoms with Crippen molar-refractivity contribution in [3.8, 4) is 12.3 Å². The molecule has 0 radical (unpaired) electrons. The number of hydrogen-bond donors (Lipinski definition) is 0. The lowest BCUT2D eigenvalue weighted by Gasteiger charge is -2.06. The number of nitro benzene ring substituents is 1. The number of terminal acetylenes is 1. The normalized spacial score (nSPS) is 16.6. The fraction of sp³-hybridized carbons (Fsp3) is 0.0769. The lowest BCUT2D eigenvalue weighted by Crippen LogP contribution is -2.28. The maximum Gasteiger partial charge on any atom is 0.294 e. The molecule has 0 atom stereocenters. The first-order valence-corrected chi connectivity index (χ1v) is 6.28. The Morgan fingerprint density at radius 1 is 1.45 bits per heavy atom. The van der Waals surface area contributed by atoms with Crippen LogP contribution in [0.15, 0.2) is 29.2 Å². The number of hydrogen-bond acceptors (Lipinski definition) is 5. The van der Waals surface area contributed by atoms with Crippen LogP contribution in [0.2, 0.25) is 0 Å². The van der Waals surface area contributed by atoms with E-state index in [9.17, 15) is 19.7 Å². The molecule has 20 heavy (non-hydrogen) atoms. The third kappa shape index (κ3) is 2.70. The Kier molecular flexibility index (Phi) is 3.86. The van der Waals surface area contributed by atoms with Gasteiger partial charge < -0.3 is 0 Å². The molecule has 0 bridgehead atoms. The molecule has 2 amide bonds. The summed E-state index contributed by atoms with van der Waals surface area (Å²) >= 11 is 0.764. The molecule has 1 saturated heterocycles. The molecule has 7 heteroatoms. The van der Waals surface area contributed by atoms with Crippen molar-refractivity contribution in [1.82, 2.24) is 4.90 Å². The van der Waals surface area contributed by atoms with Crippen LogP contribution in [0.25, 0.3) is 6.08 Å². The van der Waals surface area contributed by atoms with E-state index in [-0.39, 0.29) is 17.1 Å². The number of carbonyl (C=O) groups excluding carboxylic acids is 2. The number of benzene rings is 1. The van der Waals surface area contributed by atoms with Crippen molar-refractivity contribution in [2.75, 3.05) is 6.54 Å². The summed E-state index contributed by atoms with van der Waals surface area (Å²) in [4.78, 5) is 34.8. The highest BCUT2D eigenvalue weighted by molar-refractivity contribution is 8.18. The first kappa shape index (κ1) is 13.8. The van der Waals surface area contributed by atoms with E-state index in [2.05, 4.69) is 5.92 Å². The monoisotopic (exact) mass is 288 g/mol. The second kappa shape index (κ2) is 5.59. The summed E-state index contributed by atoms with van der Waals surface area (Å²) in [5.41, 5.74) is 0.395. The second-order valence-electron chi connectivity index (χ2n) is 3.82. The summed E-state index contributed by atoms with van der Waals surface area (Å²) in [5, 5.41) is 10.2. The first-order valence-electron chi connectivity index (χ1n) is 5.46. The fourth-order valence-electron chi connectivity index (χ4n) is 1.61. The number of nitrogens with zero attached hydrogens (tertiary/aromatic N) is 2. The molecule has 0 N–H and O–H groups in total. The van der Waals surface area contributed by atoms with E-state index in [1.54, 1.807) is 6.07 Å². The quantitative estimate of drug-likeness (QED) is 0.369. The van der Waals surface area contributed by atoms with Gasteiger partial charge in [0.05, 0.1) is 16.4 Å². The average Bonchev–Trinajstić information content (AvgIpc) is 2.67. The van der Waals surface area contributed by atoms with Crippen LogP contribution >= 0.6 is 11.8 Å². The highest BCUT2D eigenvalue weighted by Gasteiger charge is 2.34. The van der Waals surface area contributed by atoms with Gasteiger partial charge in [0.15, 0.2) is 0 Å². The Hall–Kier alpha value is -2.59. The highest BCUT2D eigenvalue weighted by Crippen LogP contribution is 2.32. The molecule has 1 heterocycles. The zero-order valence-corrected chi connectivity index (χ0v) is 10.9. The van der Waals surface area contributed by atoms with Gasteiger partial charge in [0.25, 0.3) is 16.8 Å². The van der Waals surface area contributed by atoms with Gasteiger partial charge in [0.2, 0.25) is 0 Å². The molecular weight excluding hydrogens is 280 g/mol. The van der Waals surface area contributed by atoms with Crippen LogP contribution in [0, 0.1) is 22.5 Å². The van der Waals surface area contributed by atoms with Crippen LogP contribution in [-0.2, 0) is 4.79 Å². The summed E-state index contributed by atoms with van der Waals surface area (Å²) in [6.45, 7) is -0.0864. The molecule has 1 aromatic carbocycles. The fourth-order valence-corrected chi connectivity index (χ4v) is 2.45. The maximum absolute atomic E-state index is 11.9. The van der Waals surface area contributed by atoms with E-state index in [1.807, 2.05) is 0 Å². The summed E-state index contributed by atoms with van der Waals surface area (Å²) in [6, 6.07) is 5.80. The lowest BCUT2D eigenvalue weighted by atomic mass is 10.2. The largest absolute Gasteiger partial charge is 0.294 e. The van der Waals surface area contributed by atoms with Crippen LogP contribution in [0.4, 0.5) is 10.5 Å². The summed E-state index contributed by atoms with van der Waals surface area (Å²) in [5.74, 6) is 1.75. The number of imide groups is 1. The zero-order chi connectivity index (χ0) is 14.7. The van der Waals surface area contributed by atoms with Crippen LogP contribution in [0.1, 0.15) is 5.56 Å². The van der Waals surface area contributed by atoms with Crippen molar-refractivity contribution >= 4 is 34.7 Å². The number of nitro groups is 1. The predicted molar refractivity (Wildman–Crippen MR) is 74.6 cm³/mol. The Morgan fingerprint density at radius 3 is 2.85 bits per heavy atom. The number of non-ortho nitro benzene ring substituents is 1.